The number of thiazole rings is 1. The van der Waals surface area contributed by atoms with E-state index in [1.54, 1.807) is 0 Å². The van der Waals surface area contributed by atoms with Crippen molar-refractivity contribution in [3.63, 3.8) is 0 Å². The van der Waals surface area contributed by atoms with Crippen LogP contribution in [0.3, 0.4) is 0 Å². The second-order valence-electron chi connectivity index (χ2n) is 8.51. The molecule has 3 aromatic rings. The minimum atomic E-state index is -4.71. The summed E-state index contributed by atoms with van der Waals surface area (Å²) in [6, 6.07) is 17.5. The van der Waals surface area contributed by atoms with E-state index in [1.807, 2.05) is 60.7 Å². The summed E-state index contributed by atoms with van der Waals surface area (Å²) in [6.45, 7) is -0.489. The lowest BCUT2D eigenvalue weighted by atomic mass is 10.0. The van der Waals surface area contributed by atoms with Crippen molar-refractivity contribution in [2.45, 2.75) is 25.0 Å². The van der Waals surface area contributed by atoms with Crippen molar-refractivity contribution in [1.29, 1.82) is 0 Å². The molecule has 2 heterocycles. The molecule has 2 aromatic carbocycles. The molecule has 0 spiro atoms. The van der Waals surface area contributed by atoms with Gasteiger partial charge >= 0.3 is 16.3 Å². The molecule has 1 aromatic heterocycles. The molecule has 1 aliphatic heterocycles. The van der Waals surface area contributed by atoms with E-state index in [1.165, 1.54) is 5.38 Å². The van der Waals surface area contributed by atoms with Crippen LogP contribution in [0.5, 0.6) is 0 Å². The van der Waals surface area contributed by atoms with Crippen molar-refractivity contribution >= 4 is 50.3 Å². The third kappa shape index (κ3) is 7.19. The molecule has 0 saturated carbocycles. The summed E-state index contributed by atoms with van der Waals surface area (Å²) < 4.78 is 37.2. The number of nitrogens with one attached hydrogen (secondary N) is 1. The number of carbonyl (C=O) groups is 3. The average Bonchev–Trinajstić information content (AvgIpc) is 3.36. The minimum absolute atomic E-state index is 0.0128. The maximum Gasteiger partial charge on any atom is 0.362 e. The van der Waals surface area contributed by atoms with Gasteiger partial charge in [0.15, 0.2) is 16.9 Å². The highest BCUT2D eigenvalue weighted by molar-refractivity contribution is 7.84. The number of amides is 2. The number of carbonyl (C=O) groups excluding carboxylic acids is 3. The molecule has 210 valence electrons. The van der Waals surface area contributed by atoms with Gasteiger partial charge in [-0.05, 0) is 17.5 Å². The third-order valence-electron chi connectivity index (χ3n) is 5.68. The first-order chi connectivity index (χ1) is 19.1. The molecule has 40 heavy (non-hydrogen) atoms. The largest absolute Gasteiger partial charge is 0.453 e. The third-order valence-corrected chi connectivity index (χ3v) is 7.24. The van der Waals surface area contributed by atoms with Crippen LogP contribution in [0.25, 0.3) is 0 Å². The zero-order valence-corrected chi connectivity index (χ0v) is 22.5. The van der Waals surface area contributed by atoms with Gasteiger partial charge in [-0.1, -0.05) is 65.8 Å². The first-order valence-corrected chi connectivity index (χ1v) is 14.2. The van der Waals surface area contributed by atoms with Crippen LogP contribution in [-0.4, -0.2) is 64.9 Å². The molecule has 15 heteroatoms. The average molecular weight is 588 g/mol. The van der Waals surface area contributed by atoms with Crippen LogP contribution in [0, 0.1) is 0 Å². The normalized spacial score (nSPS) is 15.4. The van der Waals surface area contributed by atoms with Crippen molar-refractivity contribution in [2.24, 2.45) is 5.16 Å². The zero-order valence-electron chi connectivity index (χ0n) is 20.9. The number of oxime groups is 1. The zero-order chi connectivity index (χ0) is 28.7. The van der Waals surface area contributed by atoms with Gasteiger partial charge < -0.3 is 20.6 Å². The van der Waals surface area contributed by atoms with E-state index in [0.717, 1.165) is 22.5 Å². The predicted octanol–water partition coefficient (Wildman–Crippen LogP) is 1.69. The van der Waals surface area contributed by atoms with Crippen molar-refractivity contribution in [2.75, 3.05) is 18.9 Å². The molecule has 1 atom stereocenters. The van der Waals surface area contributed by atoms with E-state index in [9.17, 15) is 22.8 Å². The predicted molar refractivity (Wildman–Crippen MR) is 144 cm³/mol. The number of hydrogen-bond donors (Lipinski definition) is 3. The SMILES string of the molecule is Nc1nc(C(=NOCCCC(=O)OC(c2ccccc2)c2ccccc2)C(=O)N[C@H]2CN(S(=O)(=O)O)C2=O)cs1. The molecular weight excluding hydrogens is 562 g/mol. The highest BCUT2D eigenvalue weighted by Crippen LogP contribution is 2.26. The fourth-order valence-electron chi connectivity index (χ4n) is 3.70. The number of aromatic nitrogens is 1. The Morgan fingerprint density at radius 1 is 1.15 bits per heavy atom. The molecule has 2 amide bonds. The molecular formula is C25H25N5O8S2. The maximum atomic E-state index is 12.8. The topological polar surface area (TPSA) is 191 Å². The number of nitrogens with zero attached hydrogens (tertiary/aromatic N) is 3. The Hall–Kier alpha value is -4.34. The first-order valence-electron chi connectivity index (χ1n) is 11.9. The quantitative estimate of drug-likeness (QED) is 0.0702. The Balaban J connectivity index is 1.33. The molecule has 0 aliphatic carbocycles. The van der Waals surface area contributed by atoms with Gasteiger partial charge in [0.2, 0.25) is 0 Å². The van der Waals surface area contributed by atoms with Crippen LogP contribution in [0.2, 0.25) is 0 Å². The van der Waals surface area contributed by atoms with E-state index in [2.05, 4.69) is 15.5 Å². The Morgan fingerprint density at radius 2 is 1.77 bits per heavy atom. The van der Waals surface area contributed by atoms with Gasteiger partial charge in [-0.25, -0.2) is 9.29 Å². The summed E-state index contributed by atoms with van der Waals surface area (Å²) in [5.74, 6) is -2.33. The molecule has 4 rings (SSSR count). The van der Waals surface area contributed by atoms with E-state index < -0.39 is 46.8 Å². The van der Waals surface area contributed by atoms with Gasteiger partial charge in [-0.2, -0.15) is 8.42 Å². The van der Waals surface area contributed by atoms with E-state index >= 15 is 0 Å². The molecule has 0 unspecified atom stereocenters. The lowest BCUT2D eigenvalue weighted by Gasteiger charge is -2.35. The summed E-state index contributed by atoms with van der Waals surface area (Å²) in [5, 5.41) is 7.74. The second kappa shape index (κ2) is 12.7. The van der Waals surface area contributed by atoms with Crippen molar-refractivity contribution in [3.8, 4) is 0 Å². The number of anilines is 1. The number of ether oxygens (including phenoxy) is 1. The summed E-state index contributed by atoms with van der Waals surface area (Å²) in [4.78, 5) is 46.6. The smallest absolute Gasteiger partial charge is 0.362 e. The Labute approximate surface area is 233 Å². The number of esters is 1. The number of hydrogen-bond acceptors (Lipinski definition) is 11. The Morgan fingerprint density at radius 3 is 2.30 bits per heavy atom. The van der Waals surface area contributed by atoms with Crippen LogP contribution in [0.4, 0.5) is 5.13 Å². The lowest BCUT2D eigenvalue weighted by Crippen LogP contribution is -2.65. The van der Waals surface area contributed by atoms with E-state index in [4.69, 9.17) is 19.9 Å². The summed E-state index contributed by atoms with van der Waals surface area (Å²) in [5.41, 5.74) is 7.07. The molecule has 0 bridgehead atoms. The van der Waals surface area contributed by atoms with Gasteiger partial charge in [0.25, 0.3) is 11.8 Å². The standard InChI is InChI=1S/C25H25N5O8S2/c26-25-28-19(15-39-25)21(23(32)27-18-14-30(24(18)33)40(34,35)36)29-37-13-7-12-20(31)38-22(16-8-3-1-4-9-16)17-10-5-2-6-11-17/h1-6,8-11,15,18,22H,7,12-14H2,(H2,26,28)(H,27,32)(H,34,35,36)/t18-/m0/s1. The van der Waals surface area contributed by atoms with Crippen molar-refractivity contribution < 1.29 is 36.9 Å². The highest BCUT2D eigenvalue weighted by atomic mass is 32.2. The number of β-lactam (4-membered cyclic amide) rings is 1. The number of nitrogens with two attached hydrogens (primary N) is 1. The number of rotatable bonds is 12. The van der Waals surface area contributed by atoms with Crippen LogP contribution in [0.1, 0.15) is 35.8 Å². The second-order valence-corrected chi connectivity index (χ2v) is 10.7. The van der Waals surface area contributed by atoms with E-state index in [-0.39, 0.29) is 40.3 Å². The summed E-state index contributed by atoms with van der Waals surface area (Å²) >= 11 is 1.04. The fourth-order valence-corrected chi connectivity index (χ4v) is 4.94. The van der Waals surface area contributed by atoms with Crippen molar-refractivity contribution in [3.05, 3.63) is 82.9 Å². The Kier molecular flexibility index (Phi) is 9.08. The van der Waals surface area contributed by atoms with Crippen LogP contribution in [-0.2, 0) is 34.3 Å². The van der Waals surface area contributed by atoms with Crippen LogP contribution in [0.15, 0.2) is 71.2 Å². The number of nitrogen functional groups attached to an aromatic ring is 1. The van der Waals surface area contributed by atoms with Gasteiger partial charge in [-0.15, -0.1) is 11.3 Å². The summed E-state index contributed by atoms with van der Waals surface area (Å²) in [7, 11) is -4.71. The molecule has 4 N–H and O–H groups in total. The monoisotopic (exact) mass is 587 g/mol. The van der Waals surface area contributed by atoms with E-state index in [0.29, 0.717) is 0 Å². The lowest BCUT2D eigenvalue weighted by molar-refractivity contribution is -0.148. The molecule has 1 fully saturated rings. The van der Waals surface area contributed by atoms with Gasteiger partial charge in [0.1, 0.15) is 18.3 Å². The molecule has 1 aliphatic rings. The maximum absolute atomic E-state index is 12.8. The highest BCUT2D eigenvalue weighted by Gasteiger charge is 2.45. The number of benzene rings is 2. The van der Waals surface area contributed by atoms with Crippen LogP contribution < -0.4 is 11.1 Å². The van der Waals surface area contributed by atoms with Crippen LogP contribution >= 0.6 is 11.3 Å². The van der Waals surface area contributed by atoms with Crippen molar-refractivity contribution in [1.82, 2.24) is 14.6 Å². The minimum Gasteiger partial charge on any atom is -0.453 e. The molecule has 1 saturated heterocycles. The van der Waals surface area contributed by atoms with Gasteiger partial charge in [-0.3, -0.25) is 18.9 Å². The summed E-state index contributed by atoms with van der Waals surface area (Å²) in [6.07, 6.45) is -0.346. The van der Waals surface area contributed by atoms with Gasteiger partial charge in [0.05, 0.1) is 6.54 Å². The Bertz CT molecular complexity index is 1460. The van der Waals surface area contributed by atoms with Gasteiger partial charge in [0, 0.05) is 11.8 Å². The first kappa shape index (κ1) is 28.7. The fraction of sp³-hybridized carbons (Fsp3) is 0.240. The molecule has 13 nitrogen and oxygen atoms in total. The molecule has 0 radical (unpaired) electrons.